The number of rotatable bonds is 2. The summed E-state index contributed by atoms with van der Waals surface area (Å²) in [5, 5.41) is 3.45. The SMILES string of the molecule is CC1=C(NC(C)C)CCc2ccc(F)cc21. The number of hydrogen-bond donors (Lipinski definition) is 1. The Balaban J connectivity index is 2.40. The molecule has 0 aromatic heterocycles. The van der Waals surface area contributed by atoms with E-state index in [2.05, 4.69) is 26.1 Å². The monoisotopic (exact) mass is 219 g/mol. The van der Waals surface area contributed by atoms with Gasteiger partial charge in [0.2, 0.25) is 0 Å². The minimum Gasteiger partial charge on any atom is -0.386 e. The number of hydrogen-bond acceptors (Lipinski definition) is 1. The lowest BCUT2D eigenvalue weighted by atomic mass is 9.89. The van der Waals surface area contributed by atoms with Crippen LogP contribution in [0.25, 0.3) is 5.57 Å². The number of nitrogens with one attached hydrogen (secondary N) is 1. The van der Waals surface area contributed by atoms with E-state index in [0.29, 0.717) is 6.04 Å². The number of halogens is 1. The lowest BCUT2D eigenvalue weighted by Crippen LogP contribution is -2.25. The van der Waals surface area contributed by atoms with Gasteiger partial charge in [-0.15, -0.1) is 0 Å². The fourth-order valence-electron chi connectivity index (χ4n) is 2.25. The molecule has 0 bridgehead atoms. The van der Waals surface area contributed by atoms with Crippen molar-refractivity contribution in [2.24, 2.45) is 0 Å². The Kier molecular flexibility index (Phi) is 2.99. The van der Waals surface area contributed by atoms with Gasteiger partial charge in [0.25, 0.3) is 0 Å². The van der Waals surface area contributed by atoms with E-state index in [1.807, 2.05) is 6.07 Å². The fraction of sp³-hybridized carbons (Fsp3) is 0.429. The van der Waals surface area contributed by atoms with Gasteiger partial charge in [-0.1, -0.05) is 6.07 Å². The second-order valence-corrected chi connectivity index (χ2v) is 4.70. The molecule has 1 aliphatic rings. The fourth-order valence-corrected chi connectivity index (χ4v) is 2.25. The maximum atomic E-state index is 13.2. The quantitative estimate of drug-likeness (QED) is 0.802. The summed E-state index contributed by atoms with van der Waals surface area (Å²) in [4.78, 5) is 0. The predicted molar refractivity (Wildman–Crippen MR) is 65.6 cm³/mol. The molecule has 1 nitrogen and oxygen atoms in total. The molecule has 0 fully saturated rings. The van der Waals surface area contributed by atoms with Gasteiger partial charge < -0.3 is 5.32 Å². The van der Waals surface area contributed by atoms with Crippen LogP contribution in [-0.2, 0) is 6.42 Å². The highest BCUT2D eigenvalue weighted by Gasteiger charge is 2.16. The molecule has 0 saturated carbocycles. The minimum absolute atomic E-state index is 0.149. The number of benzene rings is 1. The molecule has 2 rings (SSSR count). The smallest absolute Gasteiger partial charge is 0.123 e. The normalized spacial score (nSPS) is 15.3. The van der Waals surface area contributed by atoms with Crippen LogP contribution in [0.3, 0.4) is 0 Å². The summed E-state index contributed by atoms with van der Waals surface area (Å²) < 4.78 is 13.2. The summed E-state index contributed by atoms with van der Waals surface area (Å²) in [6.45, 7) is 6.32. The van der Waals surface area contributed by atoms with E-state index in [-0.39, 0.29) is 5.82 Å². The molecule has 16 heavy (non-hydrogen) atoms. The van der Waals surface area contributed by atoms with Gasteiger partial charge in [0, 0.05) is 11.7 Å². The van der Waals surface area contributed by atoms with Gasteiger partial charge in [0.15, 0.2) is 0 Å². The van der Waals surface area contributed by atoms with Gasteiger partial charge >= 0.3 is 0 Å². The summed E-state index contributed by atoms with van der Waals surface area (Å²) in [6, 6.07) is 5.53. The van der Waals surface area contributed by atoms with Crippen molar-refractivity contribution in [3.05, 3.63) is 40.8 Å². The Labute approximate surface area is 96.4 Å². The van der Waals surface area contributed by atoms with Gasteiger partial charge in [-0.3, -0.25) is 0 Å². The van der Waals surface area contributed by atoms with Gasteiger partial charge in [-0.05, 0) is 62.4 Å². The molecule has 0 atom stereocenters. The first-order valence-corrected chi connectivity index (χ1v) is 5.83. The second kappa shape index (κ2) is 4.28. The zero-order valence-electron chi connectivity index (χ0n) is 10.1. The van der Waals surface area contributed by atoms with Crippen LogP contribution in [0.1, 0.15) is 38.3 Å². The van der Waals surface area contributed by atoms with Gasteiger partial charge in [-0.2, -0.15) is 0 Å². The molecule has 1 aromatic carbocycles. The molecule has 0 unspecified atom stereocenters. The molecule has 0 amide bonds. The molecule has 86 valence electrons. The minimum atomic E-state index is -0.149. The van der Waals surface area contributed by atoms with Crippen LogP contribution in [0.15, 0.2) is 23.9 Å². The predicted octanol–water partition coefficient (Wildman–Crippen LogP) is 3.50. The van der Waals surface area contributed by atoms with Crippen molar-refractivity contribution in [1.29, 1.82) is 0 Å². The molecular weight excluding hydrogens is 201 g/mol. The zero-order chi connectivity index (χ0) is 11.7. The first-order valence-electron chi connectivity index (χ1n) is 5.83. The molecule has 1 aliphatic carbocycles. The van der Waals surface area contributed by atoms with E-state index in [9.17, 15) is 4.39 Å². The lowest BCUT2D eigenvalue weighted by Gasteiger charge is -2.24. The van der Waals surface area contributed by atoms with Crippen LogP contribution >= 0.6 is 0 Å². The summed E-state index contributed by atoms with van der Waals surface area (Å²) in [5.41, 5.74) is 4.77. The van der Waals surface area contributed by atoms with Crippen molar-refractivity contribution in [2.45, 2.75) is 39.7 Å². The average Bonchev–Trinajstić information content (AvgIpc) is 2.22. The van der Waals surface area contributed by atoms with Crippen LogP contribution in [0.4, 0.5) is 4.39 Å². The van der Waals surface area contributed by atoms with Crippen LogP contribution in [0, 0.1) is 5.82 Å². The topological polar surface area (TPSA) is 12.0 Å². The Morgan fingerprint density at radius 3 is 2.69 bits per heavy atom. The van der Waals surface area contributed by atoms with Crippen molar-refractivity contribution in [1.82, 2.24) is 5.32 Å². The van der Waals surface area contributed by atoms with Crippen molar-refractivity contribution in [3.8, 4) is 0 Å². The van der Waals surface area contributed by atoms with E-state index >= 15 is 0 Å². The molecule has 1 aromatic rings. The van der Waals surface area contributed by atoms with Crippen molar-refractivity contribution >= 4 is 5.57 Å². The van der Waals surface area contributed by atoms with Crippen molar-refractivity contribution < 1.29 is 4.39 Å². The van der Waals surface area contributed by atoms with E-state index in [4.69, 9.17) is 0 Å². The molecule has 0 heterocycles. The highest BCUT2D eigenvalue weighted by molar-refractivity contribution is 5.71. The van der Waals surface area contributed by atoms with E-state index < -0.39 is 0 Å². The van der Waals surface area contributed by atoms with Gasteiger partial charge in [0.05, 0.1) is 0 Å². The van der Waals surface area contributed by atoms with Crippen LogP contribution in [-0.4, -0.2) is 6.04 Å². The third kappa shape index (κ3) is 2.11. The molecular formula is C14H18FN. The molecule has 0 radical (unpaired) electrons. The van der Waals surface area contributed by atoms with E-state index in [1.165, 1.54) is 16.8 Å². The van der Waals surface area contributed by atoms with Crippen LogP contribution < -0.4 is 5.32 Å². The van der Waals surface area contributed by atoms with Gasteiger partial charge in [-0.25, -0.2) is 4.39 Å². The molecule has 0 aliphatic heterocycles. The lowest BCUT2D eigenvalue weighted by molar-refractivity contribution is 0.621. The summed E-state index contributed by atoms with van der Waals surface area (Å²) >= 11 is 0. The van der Waals surface area contributed by atoms with Crippen molar-refractivity contribution in [2.75, 3.05) is 0 Å². The average molecular weight is 219 g/mol. The summed E-state index contributed by atoms with van der Waals surface area (Å²) in [6.07, 6.45) is 2.03. The van der Waals surface area contributed by atoms with Crippen molar-refractivity contribution in [3.63, 3.8) is 0 Å². The third-order valence-corrected chi connectivity index (χ3v) is 3.04. The maximum absolute atomic E-state index is 13.2. The highest BCUT2D eigenvalue weighted by atomic mass is 19.1. The first-order chi connectivity index (χ1) is 7.58. The molecule has 2 heteroatoms. The third-order valence-electron chi connectivity index (χ3n) is 3.04. The zero-order valence-corrected chi connectivity index (χ0v) is 10.1. The number of allylic oxidation sites excluding steroid dienone is 2. The molecule has 0 saturated heterocycles. The first kappa shape index (κ1) is 11.2. The molecule has 1 N–H and O–H groups in total. The van der Waals surface area contributed by atoms with Gasteiger partial charge in [0.1, 0.15) is 5.82 Å². The molecule has 0 spiro atoms. The largest absolute Gasteiger partial charge is 0.386 e. The summed E-state index contributed by atoms with van der Waals surface area (Å²) in [5.74, 6) is -0.149. The number of aryl methyl sites for hydroxylation is 1. The Hall–Kier alpha value is -1.31. The number of fused-ring (bicyclic) bond motifs is 1. The second-order valence-electron chi connectivity index (χ2n) is 4.70. The Morgan fingerprint density at radius 1 is 1.25 bits per heavy atom. The highest BCUT2D eigenvalue weighted by Crippen LogP contribution is 2.30. The Bertz CT molecular complexity index is 432. The van der Waals surface area contributed by atoms with E-state index in [1.54, 1.807) is 12.1 Å². The van der Waals surface area contributed by atoms with E-state index in [0.717, 1.165) is 18.4 Å². The Morgan fingerprint density at radius 2 is 2.00 bits per heavy atom. The summed E-state index contributed by atoms with van der Waals surface area (Å²) in [7, 11) is 0. The standard InChI is InChI=1S/C14H18FN/c1-9(2)16-14-7-5-11-4-6-12(15)8-13(11)10(14)3/h4,6,8-9,16H,5,7H2,1-3H3. The maximum Gasteiger partial charge on any atom is 0.123 e. The van der Waals surface area contributed by atoms with Crippen LogP contribution in [0.2, 0.25) is 0 Å². The van der Waals surface area contributed by atoms with Crippen LogP contribution in [0.5, 0.6) is 0 Å².